The van der Waals surface area contributed by atoms with E-state index in [1.54, 1.807) is 0 Å². The summed E-state index contributed by atoms with van der Waals surface area (Å²) in [5.74, 6) is -2.01. The van der Waals surface area contributed by atoms with Crippen LogP contribution >= 0.6 is 0 Å². The van der Waals surface area contributed by atoms with E-state index in [1.165, 1.54) is 6.07 Å². The summed E-state index contributed by atoms with van der Waals surface area (Å²) in [6.45, 7) is -0.0970. The van der Waals surface area contributed by atoms with Crippen molar-refractivity contribution in [2.75, 3.05) is 12.0 Å². The molecule has 1 aromatic rings. The lowest BCUT2D eigenvalue weighted by Gasteiger charge is -2.15. The molecule has 1 fully saturated rings. The third-order valence-electron chi connectivity index (χ3n) is 2.51. The Balaban J connectivity index is 2.02. The lowest BCUT2D eigenvalue weighted by molar-refractivity contribution is -0.137. The number of hydrogen-bond donors (Lipinski definition) is 1. The van der Waals surface area contributed by atoms with Crippen LogP contribution in [-0.2, 0) is 9.59 Å². The number of nitrogens with zero attached hydrogens (tertiary/aromatic N) is 1. The summed E-state index contributed by atoms with van der Waals surface area (Å²) in [4.78, 5) is 23.5. The SMILES string of the molecule is O=C1CCC(=O)N1CNc1ccc(F)cc1F. The smallest absolute Gasteiger partial charge is 0.231 e. The molecular weight excluding hydrogens is 230 g/mol. The maximum atomic E-state index is 13.2. The number of amides is 2. The van der Waals surface area contributed by atoms with Crippen LogP contribution in [0.3, 0.4) is 0 Å². The molecule has 17 heavy (non-hydrogen) atoms. The fraction of sp³-hybridized carbons (Fsp3) is 0.273. The summed E-state index contributed by atoms with van der Waals surface area (Å²) >= 11 is 0. The van der Waals surface area contributed by atoms with Crippen LogP contribution in [0.4, 0.5) is 14.5 Å². The van der Waals surface area contributed by atoms with Crippen molar-refractivity contribution in [2.24, 2.45) is 0 Å². The minimum absolute atomic E-state index is 0.0545. The van der Waals surface area contributed by atoms with Crippen molar-refractivity contribution in [3.8, 4) is 0 Å². The standard InChI is InChI=1S/C11H10F2N2O2/c12-7-1-2-9(8(13)5-7)14-6-15-10(16)3-4-11(15)17/h1-2,5,14H,3-4,6H2. The molecule has 0 saturated carbocycles. The molecule has 0 radical (unpaired) electrons. The van der Waals surface area contributed by atoms with Gasteiger partial charge in [0.1, 0.15) is 11.6 Å². The monoisotopic (exact) mass is 240 g/mol. The van der Waals surface area contributed by atoms with Crippen molar-refractivity contribution in [2.45, 2.75) is 12.8 Å². The van der Waals surface area contributed by atoms with E-state index in [9.17, 15) is 18.4 Å². The van der Waals surface area contributed by atoms with E-state index in [0.717, 1.165) is 17.0 Å². The van der Waals surface area contributed by atoms with E-state index in [-0.39, 0.29) is 37.0 Å². The van der Waals surface area contributed by atoms with Crippen molar-refractivity contribution in [3.05, 3.63) is 29.8 Å². The highest BCUT2D eigenvalue weighted by Gasteiger charge is 2.28. The number of benzene rings is 1. The van der Waals surface area contributed by atoms with Crippen LogP contribution in [0.1, 0.15) is 12.8 Å². The van der Waals surface area contributed by atoms with E-state index in [4.69, 9.17) is 0 Å². The van der Waals surface area contributed by atoms with Gasteiger partial charge in [0.25, 0.3) is 0 Å². The molecular formula is C11H10F2N2O2. The van der Waals surface area contributed by atoms with Gasteiger partial charge < -0.3 is 5.32 Å². The second-order valence-corrected chi connectivity index (χ2v) is 3.67. The maximum Gasteiger partial charge on any atom is 0.231 e. The summed E-state index contributed by atoms with van der Waals surface area (Å²) in [7, 11) is 0. The van der Waals surface area contributed by atoms with Crippen LogP contribution < -0.4 is 5.32 Å². The van der Waals surface area contributed by atoms with Crippen LogP contribution in [-0.4, -0.2) is 23.4 Å². The van der Waals surface area contributed by atoms with Gasteiger partial charge in [0.15, 0.2) is 0 Å². The molecule has 4 nitrogen and oxygen atoms in total. The van der Waals surface area contributed by atoms with Crippen molar-refractivity contribution >= 4 is 17.5 Å². The normalized spacial score (nSPS) is 15.5. The zero-order chi connectivity index (χ0) is 12.4. The topological polar surface area (TPSA) is 49.4 Å². The molecule has 0 bridgehead atoms. The van der Waals surface area contributed by atoms with Gasteiger partial charge in [0.2, 0.25) is 11.8 Å². The van der Waals surface area contributed by atoms with E-state index in [2.05, 4.69) is 5.32 Å². The molecule has 6 heteroatoms. The number of anilines is 1. The molecule has 1 aromatic carbocycles. The van der Waals surface area contributed by atoms with Gasteiger partial charge in [-0.25, -0.2) is 8.78 Å². The second-order valence-electron chi connectivity index (χ2n) is 3.67. The summed E-state index contributed by atoms with van der Waals surface area (Å²) in [5, 5.41) is 2.59. The van der Waals surface area contributed by atoms with Crippen LogP contribution in [0.2, 0.25) is 0 Å². The number of rotatable bonds is 3. The Morgan fingerprint density at radius 2 is 1.82 bits per heavy atom. The molecule has 0 aliphatic carbocycles. The third kappa shape index (κ3) is 2.41. The Kier molecular flexibility index (Phi) is 3.03. The Morgan fingerprint density at radius 3 is 2.41 bits per heavy atom. The quantitative estimate of drug-likeness (QED) is 0.814. The molecule has 0 aromatic heterocycles. The van der Waals surface area contributed by atoms with Crippen molar-refractivity contribution in [1.82, 2.24) is 4.90 Å². The fourth-order valence-electron chi connectivity index (χ4n) is 1.60. The molecule has 1 heterocycles. The number of carbonyl (C=O) groups excluding carboxylic acids is 2. The molecule has 0 atom stereocenters. The Labute approximate surface area is 96.2 Å². The van der Waals surface area contributed by atoms with Crippen molar-refractivity contribution in [1.29, 1.82) is 0 Å². The molecule has 0 unspecified atom stereocenters. The van der Waals surface area contributed by atoms with Crippen LogP contribution in [0.15, 0.2) is 18.2 Å². The Hall–Kier alpha value is -1.98. The summed E-state index contributed by atoms with van der Waals surface area (Å²) in [6, 6.07) is 3.05. The third-order valence-corrected chi connectivity index (χ3v) is 2.51. The highest BCUT2D eigenvalue weighted by Crippen LogP contribution is 2.16. The van der Waals surface area contributed by atoms with Crippen molar-refractivity contribution in [3.63, 3.8) is 0 Å². The summed E-state index contributed by atoms with van der Waals surface area (Å²) < 4.78 is 25.9. The molecule has 1 aliphatic rings. The average molecular weight is 240 g/mol. The molecule has 90 valence electrons. The number of hydrogen-bond acceptors (Lipinski definition) is 3. The maximum absolute atomic E-state index is 13.2. The fourth-order valence-corrected chi connectivity index (χ4v) is 1.60. The Morgan fingerprint density at radius 1 is 1.18 bits per heavy atom. The number of imide groups is 1. The summed E-state index contributed by atoms with van der Waals surface area (Å²) in [5.41, 5.74) is 0.0545. The van der Waals surface area contributed by atoms with Gasteiger partial charge in [-0.1, -0.05) is 0 Å². The predicted octanol–water partition coefficient (Wildman–Crippen LogP) is 1.48. The molecule has 1 aliphatic heterocycles. The Bertz CT molecular complexity index is 461. The predicted molar refractivity (Wildman–Crippen MR) is 55.9 cm³/mol. The van der Waals surface area contributed by atoms with Crippen LogP contribution in [0.5, 0.6) is 0 Å². The van der Waals surface area contributed by atoms with Crippen molar-refractivity contribution < 1.29 is 18.4 Å². The van der Waals surface area contributed by atoms with Gasteiger partial charge in [0.05, 0.1) is 12.4 Å². The van der Waals surface area contributed by atoms with E-state index < -0.39 is 11.6 Å². The minimum atomic E-state index is -0.760. The van der Waals surface area contributed by atoms with Gasteiger partial charge in [0, 0.05) is 18.9 Å². The van der Waals surface area contributed by atoms with E-state index >= 15 is 0 Å². The molecule has 1 saturated heterocycles. The van der Waals surface area contributed by atoms with Gasteiger partial charge >= 0.3 is 0 Å². The number of likely N-dealkylation sites (tertiary alicyclic amines) is 1. The van der Waals surface area contributed by atoms with E-state index in [1.807, 2.05) is 0 Å². The second kappa shape index (κ2) is 4.48. The number of carbonyl (C=O) groups is 2. The first-order valence-corrected chi connectivity index (χ1v) is 5.10. The van der Waals surface area contributed by atoms with Gasteiger partial charge in [-0.15, -0.1) is 0 Å². The first-order valence-electron chi connectivity index (χ1n) is 5.10. The largest absolute Gasteiger partial charge is 0.365 e. The van der Waals surface area contributed by atoms with Crippen LogP contribution in [0.25, 0.3) is 0 Å². The lowest BCUT2D eigenvalue weighted by atomic mass is 10.3. The van der Waals surface area contributed by atoms with E-state index in [0.29, 0.717) is 0 Å². The zero-order valence-corrected chi connectivity index (χ0v) is 8.87. The lowest BCUT2D eigenvalue weighted by Crippen LogP contribution is -2.34. The average Bonchev–Trinajstić information content (AvgIpc) is 2.58. The van der Waals surface area contributed by atoms with Gasteiger partial charge in [-0.2, -0.15) is 0 Å². The first-order chi connectivity index (χ1) is 8.08. The zero-order valence-electron chi connectivity index (χ0n) is 8.87. The first kappa shape index (κ1) is 11.5. The highest BCUT2D eigenvalue weighted by atomic mass is 19.1. The molecule has 2 amide bonds. The highest BCUT2D eigenvalue weighted by molar-refractivity contribution is 6.02. The molecule has 1 N–H and O–H groups in total. The minimum Gasteiger partial charge on any atom is -0.365 e. The van der Waals surface area contributed by atoms with Gasteiger partial charge in [-0.05, 0) is 12.1 Å². The van der Waals surface area contributed by atoms with Crippen LogP contribution in [0, 0.1) is 11.6 Å². The molecule has 0 spiro atoms. The summed E-state index contributed by atoms with van der Waals surface area (Å²) in [6.07, 6.45) is 0.374. The number of nitrogens with one attached hydrogen (secondary N) is 1. The molecule has 2 rings (SSSR count). The number of halogens is 2. The van der Waals surface area contributed by atoms with Gasteiger partial charge in [-0.3, -0.25) is 14.5 Å².